The Morgan fingerprint density at radius 1 is 1.29 bits per heavy atom. The van der Waals surface area contributed by atoms with E-state index in [1.54, 1.807) is 23.0 Å². The molecule has 3 aromatic rings. The number of anilines is 1. The Morgan fingerprint density at radius 2 is 2.12 bits per heavy atom. The van der Waals surface area contributed by atoms with Crippen LogP contribution in [0.25, 0.3) is 11.2 Å². The smallest absolute Gasteiger partial charge is 0.190 e. The number of hydrogen-bond acceptors (Lipinski definition) is 7. The lowest BCUT2D eigenvalue weighted by Crippen LogP contribution is -2.54. The minimum absolute atomic E-state index is 0.169. The van der Waals surface area contributed by atoms with Crippen molar-refractivity contribution >= 4 is 28.6 Å². The fourth-order valence-electron chi connectivity index (χ4n) is 5.19. The molecule has 0 radical (unpaired) electrons. The zero-order valence-electron chi connectivity index (χ0n) is 19.0. The number of nitriles is 1. The van der Waals surface area contributed by atoms with E-state index in [0.29, 0.717) is 33.6 Å². The van der Waals surface area contributed by atoms with Crippen LogP contribution in [-0.4, -0.2) is 69.1 Å². The fraction of sp³-hybridized carbons (Fsp3) is 0.500. The van der Waals surface area contributed by atoms with Gasteiger partial charge in [-0.15, -0.1) is 0 Å². The highest BCUT2D eigenvalue weighted by Crippen LogP contribution is 2.34. The first-order valence-electron chi connectivity index (χ1n) is 11.7. The number of β-amino-alcohol motifs (C(OH)–C–C–N with tert-alkyl or cyclic N) is 1. The molecule has 34 heavy (non-hydrogen) atoms. The molecule has 2 atom stereocenters. The van der Waals surface area contributed by atoms with Gasteiger partial charge >= 0.3 is 0 Å². The van der Waals surface area contributed by atoms with Gasteiger partial charge in [0.1, 0.15) is 23.2 Å². The van der Waals surface area contributed by atoms with Gasteiger partial charge in [0.2, 0.25) is 0 Å². The lowest BCUT2D eigenvalue weighted by atomic mass is 9.80. The summed E-state index contributed by atoms with van der Waals surface area (Å²) in [4.78, 5) is 13.8. The molecular weight excluding hydrogens is 457 g/mol. The van der Waals surface area contributed by atoms with Crippen LogP contribution in [0.5, 0.6) is 0 Å². The summed E-state index contributed by atoms with van der Waals surface area (Å²) >= 11 is 5.91. The van der Waals surface area contributed by atoms with Gasteiger partial charge in [0, 0.05) is 36.8 Å². The molecule has 1 aromatic carbocycles. The van der Waals surface area contributed by atoms with Crippen molar-refractivity contribution in [1.82, 2.24) is 24.6 Å². The number of benzene rings is 1. The molecule has 0 aliphatic carbocycles. The van der Waals surface area contributed by atoms with E-state index in [1.165, 1.54) is 18.9 Å². The lowest BCUT2D eigenvalue weighted by molar-refractivity contribution is 0.101. The molecule has 10 heteroatoms. The highest BCUT2D eigenvalue weighted by Gasteiger charge is 2.36. The summed E-state index contributed by atoms with van der Waals surface area (Å²) in [6, 6.07) is 6.12. The van der Waals surface area contributed by atoms with Crippen LogP contribution >= 0.6 is 11.6 Å². The molecule has 2 aromatic heterocycles. The molecule has 5 rings (SSSR count). The van der Waals surface area contributed by atoms with E-state index >= 15 is 0 Å². The van der Waals surface area contributed by atoms with Gasteiger partial charge in [-0.25, -0.2) is 19.0 Å². The summed E-state index contributed by atoms with van der Waals surface area (Å²) in [6.45, 7) is 6.66. The van der Waals surface area contributed by atoms with E-state index in [0.717, 1.165) is 38.5 Å². The van der Waals surface area contributed by atoms with E-state index in [9.17, 15) is 14.8 Å². The molecular formula is C24H27ClFN7O. The number of halogens is 2. The topological polar surface area (TPSA) is 94.1 Å². The molecule has 2 fully saturated rings. The number of nitrogens with zero attached hydrogens (tertiary/aromatic N) is 7. The normalized spacial score (nSPS) is 20.3. The van der Waals surface area contributed by atoms with E-state index in [4.69, 9.17) is 16.6 Å². The second kappa shape index (κ2) is 9.45. The Labute approximate surface area is 202 Å². The predicted octanol–water partition coefficient (Wildman–Crippen LogP) is 3.24. The average Bonchev–Trinajstić information content (AvgIpc) is 3.16. The maximum Gasteiger partial charge on any atom is 0.190 e. The lowest BCUT2D eigenvalue weighted by Gasteiger charge is -2.47. The van der Waals surface area contributed by atoms with Gasteiger partial charge in [0.05, 0.1) is 18.8 Å². The minimum Gasteiger partial charge on any atom is -0.395 e. The number of rotatable bonds is 6. The van der Waals surface area contributed by atoms with Gasteiger partial charge in [-0.05, 0) is 50.3 Å². The fourth-order valence-corrected chi connectivity index (χ4v) is 5.35. The summed E-state index contributed by atoms with van der Waals surface area (Å²) in [5.74, 6) is 1.51. The Hall–Kier alpha value is -2.80. The van der Waals surface area contributed by atoms with Crippen LogP contribution in [0.3, 0.4) is 0 Å². The third kappa shape index (κ3) is 4.22. The number of aromatic nitrogens is 4. The van der Waals surface area contributed by atoms with Crippen LogP contribution in [-0.2, 0) is 0 Å². The van der Waals surface area contributed by atoms with E-state index in [-0.39, 0.29) is 12.3 Å². The van der Waals surface area contributed by atoms with Crippen LogP contribution in [0.1, 0.15) is 37.1 Å². The maximum atomic E-state index is 14.6. The van der Waals surface area contributed by atoms with Crippen molar-refractivity contribution in [2.75, 3.05) is 44.2 Å². The maximum absolute atomic E-state index is 14.6. The van der Waals surface area contributed by atoms with Crippen LogP contribution in [0.4, 0.5) is 10.2 Å². The third-order valence-electron chi connectivity index (χ3n) is 7.13. The van der Waals surface area contributed by atoms with Crippen LogP contribution in [0, 0.1) is 29.0 Å². The molecule has 0 saturated carbocycles. The molecule has 8 nitrogen and oxygen atoms in total. The van der Waals surface area contributed by atoms with Crippen molar-refractivity contribution in [2.24, 2.45) is 11.8 Å². The highest BCUT2D eigenvalue weighted by atomic mass is 35.5. The Kier molecular flexibility index (Phi) is 6.38. The Bertz CT molecular complexity index is 1230. The number of aliphatic hydroxyl groups is 1. The van der Waals surface area contributed by atoms with Crippen molar-refractivity contribution in [2.45, 2.75) is 25.8 Å². The average molecular weight is 484 g/mol. The van der Waals surface area contributed by atoms with Crippen molar-refractivity contribution in [1.29, 1.82) is 5.26 Å². The summed E-state index contributed by atoms with van der Waals surface area (Å²) in [7, 11) is 0. The molecule has 0 amide bonds. The largest absolute Gasteiger partial charge is 0.395 e. The molecule has 178 valence electrons. The molecule has 0 unspecified atom stereocenters. The van der Waals surface area contributed by atoms with Gasteiger partial charge in [0.15, 0.2) is 11.3 Å². The van der Waals surface area contributed by atoms with Gasteiger partial charge < -0.3 is 14.9 Å². The first-order chi connectivity index (χ1) is 16.5. The Morgan fingerprint density at radius 3 is 2.85 bits per heavy atom. The number of fused-ring (bicyclic) bond motifs is 1. The summed E-state index contributed by atoms with van der Waals surface area (Å²) in [6.07, 6.45) is 4.08. The van der Waals surface area contributed by atoms with Gasteiger partial charge in [-0.3, -0.25) is 0 Å². The zero-order chi connectivity index (χ0) is 23.8. The molecule has 2 aliphatic heterocycles. The quantitative estimate of drug-likeness (QED) is 0.575. The molecule has 2 saturated heterocycles. The van der Waals surface area contributed by atoms with E-state index in [2.05, 4.69) is 26.0 Å². The second-order valence-electron chi connectivity index (χ2n) is 9.24. The summed E-state index contributed by atoms with van der Waals surface area (Å²) in [5.41, 5.74) is 1.46. The van der Waals surface area contributed by atoms with E-state index < -0.39 is 11.9 Å². The standard InChI is InChI=1S/C24H27ClFN7O/c1-15(19-5-4-18(25)9-20(19)26)33-24-23(21(10-27)30-33)28-11-22(29-24)32-13-17(14-32)16-3-2-6-31(12-16)7-8-34/h4-5,9,11,15-17,34H,2-3,6-8,12-14H2,1H3/t15-,16+/m1/s1. The predicted molar refractivity (Wildman–Crippen MR) is 127 cm³/mol. The molecule has 4 heterocycles. The third-order valence-corrected chi connectivity index (χ3v) is 7.37. The molecule has 2 aliphatic rings. The van der Waals surface area contributed by atoms with Crippen LogP contribution in [0.2, 0.25) is 5.02 Å². The van der Waals surface area contributed by atoms with Crippen LogP contribution in [0.15, 0.2) is 24.4 Å². The van der Waals surface area contributed by atoms with Gasteiger partial charge in [0.25, 0.3) is 0 Å². The Balaban J connectivity index is 1.38. The zero-order valence-corrected chi connectivity index (χ0v) is 19.8. The number of piperidine rings is 1. The summed E-state index contributed by atoms with van der Waals surface area (Å²) < 4.78 is 16.2. The number of likely N-dealkylation sites (tertiary alicyclic amines) is 1. The number of aliphatic hydroxyl groups excluding tert-OH is 1. The first-order valence-corrected chi connectivity index (χ1v) is 12.0. The number of hydrogen-bond donors (Lipinski definition) is 1. The van der Waals surface area contributed by atoms with Crippen molar-refractivity contribution < 1.29 is 9.50 Å². The molecule has 1 N–H and O–H groups in total. The molecule has 0 bridgehead atoms. The second-order valence-corrected chi connectivity index (χ2v) is 9.68. The highest BCUT2D eigenvalue weighted by molar-refractivity contribution is 6.30. The SMILES string of the molecule is C[C@H](c1ccc(Cl)cc1F)n1nc(C#N)c2ncc(N3CC([C@H]4CCCN(CCO)C4)C3)nc21. The van der Waals surface area contributed by atoms with Crippen molar-refractivity contribution in [3.63, 3.8) is 0 Å². The van der Waals surface area contributed by atoms with Gasteiger partial charge in [-0.1, -0.05) is 17.7 Å². The van der Waals surface area contributed by atoms with Crippen molar-refractivity contribution in [3.8, 4) is 6.07 Å². The summed E-state index contributed by atoms with van der Waals surface area (Å²) in [5, 5.41) is 23.5. The van der Waals surface area contributed by atoms with E-state index in [1.807, 2.05) is 6.92 Å². The monoisotopic (exact) mass is 483 g/mol. The first kappa shape index (κ1) is 23.0. The van der Waals surface area contributed by atoms with Crippen molar-refractivity contribution in [3.05, 3.63) is 46.5 Å². The molecule has 0 spiro atoms. The van der Waals surface area contributed by atoms with Crippen LogP contribution < -0.4 is 4.90 Å². The minimum atomic E-state index is -0.490. The van der Waals surface area contributed by atoms with Gasteiger partial charge in [-0.2, -0.15) is 10.4 Å².